The third-order valence-electron chi connectivity index (χ3n) is 4.07. The highest BCUT2D eigenvalue weighted by Crippen LogP contribution is 2.35. The van der Waals surface area contributed by atoms with E-state index in [9.17, 15) is 17.9 Å². The summed E-state index contributed by atoms with van der Waals surface area (Å²) < 4.78 is 46.2. The van der Waals surface area contributed by atoms with Gasteiger partial charge in [-0.2, -0.15) is 0 Å². The number of rotatable bonds is 5. The zero-order valence-electron chi connectivity index (χ0n) is 13.9. The molecule has 2 aromatic rings. The number of hydrogen-bond donors (Lipinski definition) is 2. The molecule has 0 amide bonds. The van der Waals surface area contributed by atoms with Crippen LogP contribution in [0.5, 0.6) is 5.75 Å². The summed E-state index contributed by atoms with van der Waals surface area (Å²) in [7, 11) is -3.91. The first kappa shape index (κ1) is 18.8. The molecule has 0 saturated carbocycles. The number of benzene rings is 2. The summed E-state index contributed by atoms with van der Waals surface area (Å²) in [4.78, 5) is -0.0661. The van der Waals surface area contributed by atoms with Crippen LogP contribution in [0, 0.1) is 12.7 Å². The molecule has 3 rings (SSSR count). The van der Waals surface area contributed by atoms with Crippen molar-refractivity contribution in [1.82, 2.24) is 4.72 Å². The van der Waals surface area contributed by atoms with Crippen LogP contribution < -0.4 is 9.46 Å². The molecule has 1 heterocycles. The Morgan fingerprint density at radius 3 is 2.81 bits per heavy atom. The van der Waals surface area contributed by atoms with Crippen molar-refractivity contribution in [3.8, 4) is 5.75 Å². The molecule has 0 bridgehead atoms. The first-order chi connectivity index (χ1) is 12.3. The molecule has 1 unspecified atom stereocenters. The number of hydrogen-bond acceptors (Lipinski definition) is 4. The number of aliphatic hydroxyl groups is 1. The van der Waals surface area contributed by atoms with Crippen molar-refractivity contribution in [1.29, 1.82) is 0 Å². The topological polar surface area (TPSA) is 75.6 Å². The number of aryl methyl sites for hydroxylation is 1. The van der Waals surface area contributed by atoms with Crippen molar-refractivity contribution in [3.63, 3.8) is 0 Å². The zero-order valence-corrected chi connectivity index (χ0v) is 15.4. The van der Waals surface area contributed by atoms with Crippen molar-refractivity contribution in [2.45, 2.75) is 13.0 Å². The molecule has 2 aromatic carbocycles. The maximum absolute atomic E-state index is 13.5. The van der Waals surface area contributed by atoms with E-state index < -0.39 is 21.9 Å². The molecular weight excluding hydrogens is 381 g/mol. The van der Waals surface area contributed by atoms with Crippen molar-refractivity contribution in [2.24, 2.45) is 0 Å². The van der Waals surface area contributed by atoms with E-state index in [4.69, 9.17) is 16.3 Å². The molecular formula is C18H17ClFNO4S. The molecule has 0 aliphatic carbocycles. The maximum atomic E-state index is 13.5. The minimum absolute atomic E-state index is 0.0661. The normalized spacial score (nSPS) is 15.0. The average molecular weight is 398 g/mol. The third-order valence-corrected chi connectivity index (χ3v) is 5.83. The average Bonchev–Trinajstić information content (AvgIpc) is 2.59. The van der Waals surface area contributed by atoms with Crippen LogP contribution in [0.15, 0.2) is 41.3 Å². The van der Waals surface area contributed by atoms with Crippen molar-refractivity contribution < 1.29 is 22.7 Å². The van der Waals surface area contributed by atoms with E-state index in [0.29, 0.717) is 5.56 Å². The van der Waals surface area contributed by atoms with Crippen molar-refractivity contribution >= 4 is 27.7 Å². The summed E-state index contributed by atoms with van der Waals surface area (Å²) in [5.74, 6) is -0.345. The lowest BCUT2D eigenvalue weighted by molar-refractivity contribution is 0.181. The van der Waals surface area contributed by atoms with Crippen LogP contribution in [0.25, 0.3) is 6.08 Å². The quantitative estimate of drug-likeness (QED) is 0.812. The third kappa shape index (κ3) is 3.91. The Balaban J connectivity index is 1.78. The fourth-order valence-electron chi connectivity index (χ4n) is 2.71. The molecule has 0 radical (unpaired) electrons. The lowest BCUT2D eigenvalue weighted by Gasteiger charge is -2.20. The number of nitrogens with one attached hydrogen (secondary N) is 1. The van der Waals surface area contributed by atoms with Crippen LogP contribution in [0.4, 0.5) is 4.39 Å². The minimum Gasteiger partial charge on any atom is -0.486 e. The molecule has 8 heteroatoms. The summed E-state index contributed by atoms with van der Waals surface area (Å²) >= 11 is 5.90. The van der Waals surface area contributed by atoms with Crippen LogP contribution in [0.3, 0.4) is 0 Å². The number of aliphatic hydroxyl groups excluding tert-OH is 1. The van der Waals surface area contributed by atoms with Gasteiger partial charge < -0.3 is 9.84 Å². The van der Waals surface area contributed by atoms with Crippen LogP contribution >= 0.6 is 11.6 Å². The van der Waals surface area contributed by atoms with E-state index in [1.807, 2.05) is 19.1 Å². The Morgan fingerprint density at radius 1 is 1.35 bits per heavy atom. The van der Waals surface area contributed by atoms with Crippen LogP contribution in [0.2, 0.25) is 5.02 Å². The molecule has 0 saturated heterocycles. The summed E-state index contributed by atoms with van der Waals surface area (Å²) in [6.45, 7) is 1.41. The molecule has 0 fully saturated rings. The van der Waals surface area contributed by atoms with Gasteiger partial charge in [0.15, 0.2) is 0 Å². The molecule has 1 aliphatic heterocycles. The van der Waals surface area contributed by atoms with E-state index in [0.717, 1.165) is 17.7 Å². The smallest absolute Gasteiger partial charge is 0.240 e. The number of ether oxygens (including phenoxy) is 1. The van der Waals surface area contributed by atoms with Crippen LogP contribution in [-0.4, -0.2) is 26.7 Å². The first-order valence-corrected chi connectivity index (χ1v) is 9.70. The number of halogens is 2. The second-order valence-electron chi connectivity index (χ2n) is 5.93. The highest BCUT2D eigenvalue weighted by molar-refractivity contribution is 7.93. The maximum Gasteiger partial charge on any atom is 0.240 e. The van der Waals surface area contributed by atoms with Crippen molar-refractivity contribution in [3.05, 3.63) is 68.8 Å². The monoisotopic (exact) mass is 397 g/mol. The zero-order chi connectivity index (χ0) is 18.9. The summed E-state index contributed by atoms with van der Waals surface area (Å²) in [6.07, 6.45) is 0.325. The summed E-state index contributed by atoms with van der Waals surface area (Å²) in [5, 5.41) is 10.3. The van der Waals surface area contributed by atoms with Crippen molar-refractivity contribution in [2.75, 3.05) is 13.2 Å². The van der Waals surface area contributed by atoms with Gasteiger partial charge in [-0.1, -0.05) is 35.9 Å². The van der Waals surface area contributed by atoms with E-state index in [1.165, 1.54) is 6.08 Å². The van der Waals surface area contributed by atoms with E-state index in [-0.39, 0.29) is 34.4 Å². The lowest BCUT2D eigenvalue weighted by Crippen LogP contribution is -2.32. The number of fused-ring (bicyclic) bond motifs is 1. The molecule has 1 atom stereocenters. The summed E-state index contributed by atoms with van der Waals surface area (Å²) in [5.41, 5.74) is 1.75. The Labute approximate surface area is 156 Å². The first-order valence-electron chi connectivity index (χ1n) is 7.83. The Kier molecular flexibility index (Phi) is 5.34. The number of sulfonamides is 1. The fourth-order valence-corrected chi connectivity index (χ4v) is 4.03. The molecule has 0 spiro atoms. The highest BCUT2D eigenvalue weighted by Gasteiger charge is 2.25. The Bertz CT molecular complexity index is 975. The van der Waals surface area contributed by atoms with E-state index in [2.05, 4.69) is 4.72 Å². The minimum atomic E-state index is -3.91. The van der Waals surface area contributed by atoms with Crippen LogP contribution in [-0.2, 0) is 10.0 Å². The van der Waals surface area contributed by atoms with E-state index >= 15 is 0 Å². The SMILES string of the molecule is Cc1ccccc1C(O)CNS(=O)(=O)C1=Cc2cc(F)cc(Cl)c2OC1. The fraction of sp³-hybridized carbons (Fsp3) is 0.222. The van der Waals surface area contributed by atoms with Gasteiger partial charge in [-0.25, -0.2) is 17.5 Å². The molecule has 26 heavy (non-hydrogen) atoms. The van der Waals surface area contributed by atoms with E-state index in [1.54, 1.807) is 12.1 Å². The van der Waals surface area contributed by atoms with Crippen LogP contribution in [0.1, 0.15) is 22.8 Å². The highest BCUT2D eigenvalue weighted by atomic mass is 35.5. The largest absolute Gasteiger partial charge is 0.486 e. The van der Waals surface area contributed by atoms with Gasteiger partial charge in [-0.05, 0) is 36.3 Å². The standard InChI is InChI=1S/C18H17ClFNO4S/c1-11-4-2-3-5-15(11)17(22)9-21-26(23,24)14-7-12-6-13(20)8-16(19)18(12)25-10-14/h2-8,17,21-22H,9-10H2,1H3. The molecule has 1 aliphatic rings. The van der Waals surface area contributed by atoms with Gasteiger partial charge >= 0.3 is 0 Å². The van der Waals surface area contributed by atoms with Gasteiger partial charge in [0.1, 0.15) is 18.2 Å². The Morgan fingerprint density at radius 2 is 2.08 bits per heavy atom. The van der Waals surface area contributed by atoms with Gasteiger partial charge in [-0.3, -0.25) is 0 Å². The van der Waals surface area contributed by atoms with Gasteiger partial charge in [-0.15, -0.1) is 0 Å². The second-order valence-corrected chi connectivity index (χ2v) is 8.16. The second kappa shape index (κ2) is 7.36. The lowest BCUT2D eigenvalue weighted by atomic mass is 10.0. The van der Waals surface area contributed by atoms with Gasteiger partial charge in [0, 0.05) is 12.1 Å². The predicted octanol–water partition coefficient (Wildman–Crippen LogP) is 3.17. The predicted molar refractivity (Wildman–Crippen MR) is 97.9 cm³/mol. The molecule has 5 nitrogen and oxygen atoms in total. The van der Waals surface area contributed by atoms with Gasteiger partial charge in [0.25, 0.3) is 0 Å². The molecule has 0 aromatic heterocycles. The molecule has 138 valence electrons. The summed E-state index contributed by atoms with van der Waals surface area (Å²) in [6, 6.07) is 9.43. The Hall–Kier alpha value is -1.93. The molecule has 2 N–H and O–H groups in total. The van der Waals surface area contributed by atoms with Gasteiger partial charge in [0.05, 0.1) is 16.0 Å². The van der Waals surface area contributed by atoms with Gasteiger partial charge in [0.2, 0.25) is 10.0 Å².